The number of aryl methyl sites for hydroxylation is 1. The van der Waals surface area contributed by atoms with Gasteiger partial charge in [0, 0.05) is 19.3 Å². The molecule has 1 aliphatic heterocycles. The van der Waals surface area contributed by atoms with Gasteiger partial charge in [0.25, 0.3) is 5.56 Å². The van der Waals surface area contributed by atoms with Gasteiger partial charge in [0.05, 0.1) is 12.1 Å². The van der Waals surface area contributed by atoms with E-state index in [-0.39, 0.29) is 5.56 Å². The average molecular weight is 365 g/mol. The molecule has 0 bridgehead atoms. The molecule has 0 amide bonds. The van der Waals surface area contributed by atoms with Crippen LogP contribution < -0.4 is 10.5 Å². The van der Waals surface area contributed by atoms with Crippen molar-refractivity contribution in [1.29, 1.82) is 0 Å². The molecule has 5 rings (SSSR count). The molecular weight excluding hydrogens is 346 g/mol. The van der Waals surface area contributed by atoms with Gasteiger partial charge in [-0.15, -0.1) is 21.5 Å². The molecule has 1 unspecified atom stereocenters. The summed E-state index contributed by atoms with van der Waals surface area (Å²) in [6, 6.07) is 10.6. The van der Waals surface area contributed by atoms with Crippen LogP contribution in [-0.4, -0.2) is 25.7 Å². The number of aromatic nitrogens is 4. The Kier molecular flexibility index (Phi) is 3.40. The zero-order chi connectivity index (χ0) is 17.8. The van der Waals surface area contributed by atoms with E-state index in [0.29, 0.717) is 18.2 Å². The maximum absolute atomic E-state index is 12.5. The Balaban J connectivity index is 1.66. The van der Waals surface area contributed by atoms with Crippen LogP contribution in [0.5, 0.6) is 0 Å². The van der Waals surface area contributed by atoms with E-state index in [1.807, 2.05) is 15.8 Å². The quantitative estimate of drug-likeness (QED) is 0.548. The molecule has 1 aromatic carbocycles. The Morgan fingerprint density at radius 1 is 1.23 bits per heavy atom. The Hall–Kier alpha value is -2.67. The number of rotatable bonds is 2. The molecule has 1 atom stereocenters. The van der Waals surface area contributed by atoms with Crippen LogP contribution in [0, 0.1) is 0 Å². The lowest BCUT2D eigenvalue weighted by Crippen LogP contribution is -2.31. The molecule has 0 aliphatic carbocycles. The number of anilines is 1. The van der Waals surface area contributed by atoms with E-state index < -0.39 is 0 Å². The van der Waals surface area contributed by atoms with E-state index in [2.05, 4.69) is 46.3 Å². The number of hydrogen-bond acceptors (Lipinski definition) is 5. The average Bonchev–Trinajstić information content (AvgIpc) is 3.29. The van der Waals surface area contributed by atoms with Gasteiger partial charge in [-0.05, 0) is 35.4 Å². The van der Waals surface area contributed by atoms with E-state index in [9.17, 15) is 4.79 Å². The van der Waals surface area contributed by atoms with Gasteiger partial charge in [-0.3, -0.25) is 13.8 Å². The van der Waals surface area contributed by atoms with E-state index in [1.165, 1.54) is 22.6 Å². The Morgan fingerprint density at radius 2 is 2.08 bits per heavy atom. The molecule has 26 heavy (non-hydrogen) atoms. The molecule has 0 N–H and O–H groups in total. The van der Waals surface area contributed by atoms with Crippen molar-refractivity contribution >= 4 is 33.0 Å². The first-order valence-corrected chi connectivity index (χ1v) is 9.67. The third kappa shape index (κ3) is 2.13. The van der Waals surface area contributed by atoms with Crippen LogP contribution in [0.1, 0.15) is 30.7 Å². The summed E-state index contributed by atoms with van der Waals surface area (Å²) in [6.07, 6.45) is 1.13. The second kappa shape index (κ2) is 5.67. The first-order chi connectivity index (χ1) is 12.6. The molecule has 0 saturated heterocycles. The Labute approximate surface area is 154 Å². The third-order valence-corrected chi connectivity index (χ3v) is 6.26. The van der Waals surface area contributed by atoms with Crippen LogP contribution in [0.4, 0.5) is 5.69 Å². The molecule has 1 aliphatic rings. The van der Waals surface area contributed by atoms with Crippen LogP contribution in [0.15, 0.2) is 40.5 Å². The van der Waals surface area contributed by atoms with E-state index >= 15 is 0 Å². The second-order valence-corrected chi connectivity index (χ2v) is 7.84. The Bertz CT molecular complexity index is 1190. The lowest BCUT2D eigenvalue weighted by atomic mass is 9.91. The highest BCUT2D eigenvalue weighted by atomic mass is 32.1. The number of fused-ring (bicyclic) bond motifs is 4. The summed E-state index contributed by atoms with van der Waals surface area (Å²) < 4.78 is 4.35. The van der Waals surface area contributed by atoms with E-state index in [1.54, 1.807) is 11.6 Å². The van der Waals surface area contributed by atoms with Crippen LogP contribution >= 0.6 is 11.3 Å². The fourth-order valence-corrected chi connectivity index (χ4v) is 4.76. The molecule has 0 spiro atoms. The summed E-state index contributed by atoms with van der Waals surface area (Å²) in [4.78, 5) is 14.9. The molecular formula is C19H19N5OS. The molecule has 4 heterocycles. The van der Waals surface area contributed by atoms with Gasteiger partial charge in [-0.25, -0.2) is 0 Å². The Morgan fingerprint density at radius 3 is 2.96 bits per heavy atom. The van der Waals surface area contributed by atoms with Crippen molar-refractivity contribution in [3.05, 3.63) is 57.5 Å². The lowest BCUT2D eigenvalue weighted by Gasteiger charge is -2.34. The highest BCUT2D eigenvalue weighted by molar-refractivity contribution is 7.17. The minimum Gasteiger partial charge on any atom is -0.364 e. The normalized spacial score (nSPS) is 17.2. The highest BCUT2D eigenvalue weighted by Gasteiger charge is 2.24. The summed E-state index contributed by atoms with van der Waals surface area (Å²) in [5, 5.41) is 10.7. The molecule has 4 aromatic rings. The van der Waals surface area contributed by atoms with Crippen LogP contribution in [0.2, 0.25) is 0 Å². The van der Waals surface area contributed by atoms with Gasteiger partial charge in [0.15, 0.2) is 5.82 Å². The predicted molar refractivity (Wildman–Crippen MR) is 104 cm³/mol. The SMILES string of the molecule is CC1CCN(Cc2nnc3n(C)c(=O)c4sccc4n23)c2ccccc21. The number of benzene rings is 1. The minimum absolute atomic E-state index is 0.0152. The van der Waals surface area contributed by atoms with Gasteiger partial charge < -0.3 is 4.90 Å². The van der Waals surface area contributed by atoms with Gasteiger partial charge in [0.1, 0.15) is 4.70 Å². The standard InChI is InChI=1S/C19H19N5OS/c1-12-7-9-23(14-6-4-3-5-13(12)14)11-16-20-21-19-22(2)18(25)17-15(24(16)19)8-10-26-17/h3-6,8,10,12H,7,9,11H2,1-2H3. The molecule has 0 fully saturated rings. The van der Waals surface area contributed by atoms with Gasteiger partial charge in [-0.2, -0.15) is 0 Å². The predicted octanol–water partition coefficient (Wildman–Crippen LogP) is 3.16. The maximum atomic E-state index is 12.5. The lowest BCUT2D eigenvalue weighted by molar-refractivity contribution is 0.600. The molecule has 0 radical (unpaired) electrons. The first kappa shape index (κ1) is 15.6. The number of nitrogens with zero attached hydrogens (tertiary/aromatic N) is 5. The summed E-state index contributed by atoms with van der Waals surface area (Å²) in [6.45, 7) is 3.95. The molecule has 6 nitrogen and oxygen atoms in total. The largest absolute Gasteiger partial charge is 0.364 e. The number of hydrogen-bond donors (Lipinski definition) is 0. The smallest absolute Gasteiger partial charge is 0.272 e. The van der Waals surface area contributed by atoms with Crippen molar-refractivity contribution in [3.8, 4) is 0 Å². The van der Waals surface area contributed by atoms with E-state index in [0.717, 1.165) is 29.0 Å². The first-order valence-electron chi connectivity index (χ1n) is 8.79. The van der Waals surface area contributed by atoms with Crippen molar-refractivity contribution in [2.24, 2.45) is 7.05 Å². The molecule has 132 valence electrons. The number of para-hydroxylation sites is 1. The van der Waals surface area contributed by atoms with Crippen molar-refractivity contribution < 1.29 is 0 Å². The van der Waals surface area contributed by atoms with E-state index in [4.69, 9.17) is 0 Å². The van der Waals surface area contributed by atoms with Crippen molar-refractivity contribution in [2.45, 2.75) is 25.8 Å². The zero-order valence-electron chi connectivity index (χ0n) is 14.7. The highest BCUT2D eigenvalue weighted by Crippen LogP contribution is 2.35. The molecule has 3 aromatic heterocycles. The van der Waals surface area contributed by atoms with Crippen LogP contribution in [-0.2, 0) is 13.6 Å². The van der Waals surface area contributed by atoms with Crippen molar-refractivity contribution in [1.82, 2.24) is 19.2 Å². The van der Waals surface area contributed by atoms with Crippen LogP contribution in [0.3, 0.4) is 0 Å². The van der Waals surface area contributed by atoms with Gasteiger partial charge >= 0.3 is 0 Å². The molecule has 7 heteroatoms. The van der Waals surface area contributed by atoms with Gasteiger partial charge in [0.2, 0.25) is 5.78 Å². The van der Waals surface area contributed by atoms with Gasteiger partial charge in [-0.1, -0.05) is 25.1 Å². The maximum Gasteiger partial charge on any atom is 0.272 e. The fourth-order valence-electron chi connectivity index (χ4n) is 3.91. The van der Waals surface area contributed by atoms with Crippen molar-refractivity contribution in [2.75, 3.05) is 11.4 Å². The monoisotopic (exact) mass is 365 g/mol. The summed E-state index contributed by atoms with van der Waals surface area (Å²) in [7, 11) is 1.76. The zero-order valence-corrected chi connectivity index (χ0v) is 15.5. The van der Waals surface area contributed by atoms with Crippen molar-refractivity contribution in [3.63, 3.8) is 0 Å². The molecule has 0 saturated carbocycles. The summed E-state index contributed by atoms with van der Waals surface area (Å²) >= 11 is 1.47. The summed E-state index contributed by atoms with van der Waals surface area (Å²) in [5.41, 5.74) is 3.54. The second-order valence-electron chi connectivity index (χ2n) is 6.92. The minimum atomic E-state index is -0.0152. The topological polar surface area (TPSA) is 55.4 Å². The third-order valence-electron chi connectivity index (χ3n) is 5.37. The van der Waals surface area contributed by atoms with Crippen LogP contribution in [0.25, 0.3) is 16.0 Å². The number of thiophene rings is 1. The fraction of sp³-hybridized carbons (Fsp3) is 0.316. The summed E-state index contributed by atoms with van der Waals surface area (Å²) in [5.74, 6) is 2.03.